The molecule has 2 rings (SSSR count). The Morgan fingerprint density at radius 2 is 1.61 bits per heavy atom. The second-order valence-electron chi connectivity index (χ2n) is 8.35. The first-order valence-electron chi connectivity index (χ1n) is 9.12. The first-order chi connectivity index (χ1) is 11.0. The van der Waals surface area contributed by atoms with E-state index in [9.17, 15) is 10.5 Å². The van der Waals surface area contributed by atoms with E-state index in [1.54, 1.807) is 0 Å². The van der Waals surface area contributed by atoms with Crippen LogP contribution in [0.2, 0.25) is 0 Å². The summed E-state index contributed by atoms with van der Waals surface area (Å²) in [7, 11) is 2.06. The first-order valence-corrected chi connectivity index (χ1v) is 9.12. The zero-order valence-corrected chi connectivity index (χ0v) is 14.9. The molecule has 0 radical (unpaired) electrons. The highest BCUT2D eigenvalue weighted by atomic mass is 14.9. The maximum atomic E-state index is 9.22. The van der Waals surface area contributed by atoms with Crippen LogP contribution in [0, 0.1) is 51.7 Å². The molecule has 126 valence electrons. The van der Waals surface area contributed by atoms with E-state index in [1.165, 1.54) is 32.1 Å². The first kappa shape index (κ1) is 18.0. The molecule has 2 aliphatic rings. The van der Waals surface area contributed by atoms with Gasteiger partial charge in [0.1, 0.15) is 5.92 Å². The Bertz CT molecular complexity index is 472. The summed E-state index contributed by atoms with van der Waals surface area (Å²) in [5, 5.41) is 21.8. The molecular weight excluding hydrogens is 282 g/mol. The molecule has 0 saturated heterocycles. The van der Waals surface area contributed by atoms with Crippen molar-refractivity contribution >= 4 is 0 Å². The van der Waals surface area contributed by atoms with Gasteiger partial charge in [-0.1, -0.05) is 26.0 Å². The molecule has 23 heavy (non-hydrogen) atoms. The summed E-state index contributed by atoms with van der Waals surface area (Å²) in [5.41, 5.74) is 0.230. The minimum Gasteiger partial charge on any atom is -0.317 e. The molecule has 1 N–H and O–H groups in total. The van der Waals surface area contributed by atoms with E-state index in [1.807, 2.05) is 0 Å². The Morgan fingerprint density at radius 1 is 1.00 bits per heavy atom. The van der Waals surface area contributed by atoms with Crippen molar-refractivity contribution in [1.82, 2.24) is 5.32 Å². The van der Waals surface area contributed by atoms with E-state index in [4.69, 9.17) is 0 Å². The summed E-state index contributed by atoms with van der Waals surface area (Å²) < 4.78 is 0. The highest BCUT2D eigenvalue weighted by Gasteiger charge is 2.37. The van der Waals surface area contributed by atoms with E-state index in [2.05, 4.69) is 50.5 Å². The Balaban J connectivity index is 1.95. The van der Waals surface area contributed by atoms with Gasteiger partial charge in [-0.3, -0.25) is 0 Å². The Morgan fingerprint density at radius 3 is 2.17 bits per heavy atom. The van der Waals surface area contributed by atoms with Gasteiger partial charge in [0.2, 0.25) is 0 Å². The lowest BCUT2D eigenvalue weighted by molar-refractivity contribution is 0.133. The van der Waals surface area contributed by atoms with Gasteiger partial charge >= 0.3 is 0 Å². The van der Waals surface area contributed by atoms with Crippen molar-refractivity contribution in [1.29, 1.82) is 10.5 Å². The number of hydrogen-bond acceptors (Lipinski definition) is 3. The highest BCUT2D eigenvalue weighted by Crippen LogP contribution is 2.45. The molecule has 2 aliphatic carbocycles. The van der Waals surface area contributed by atoms with Gasteiger partial charge in [-0.2, -0.15) is 10.5 Å². The number of allylic oxidation sites excluding steroid dienone is 2. The van der Waals surface area contributed by atoms with Gasteiger partial charge < -0.3 is 5.32 Å². The molecule has 0 aliphatic heterocycles. The van der Waals surface area contributed by atoms with E-state index in [0.717, 1.165) is 12.8 Å². The number of rotatable bonds is 4. The Hall–Kier alpha value is -1.32. The molecule has 0 spiro atoms. The monoisotopic (exact) mass is 313 g/mol. The normalized spacial score (nSPS) is 34.2. The van der Waals surface area contributed by atoms with E-state index in [0.29, 0.717) is 17.9 Å². The molecule has 2 saturated carbocycles. The van der Waals surface area contributed by atoms with Gasteiger partial charge in [0.05, 0.1) is 12.1 Å². The lowest BCUT2D eigenvalue weighted by Gasteiger charge is -2.40. The van der Waals surface area contributed by atoms with Crippen molar-refractivity contribution in [2.45, 2.75) is 64.8 Å². The van der Waals surface area contributed by atoms with Gasteiger partial charge in [0.15, 0.2) is 0 Å². The molecule has 0 amide bonds. The third kappa shape index (κ3) is 5.08. The lowest BCUT2D eigenvalue weighted by atomic mass is 9.64. The maximum absolute atomic E-state index is 9.22. The van der Waals surface area contributed by atoms with Gasteiger partial charge in [-0.15, -0.1) is 0 Å². The number of nitriles is 2. The van der Waals surface area contributed by atoms with Gasteiger partial charge in [0, 0.05) is 6.04 Å². The van der Waals surface area contributed by atoms with Crippen LogP contribution >= 0.6 is 0 Å². The fourth-order valence-corrected chi connectivity index (χ4v) is 4.61. The highest BCUT2D eigenvalue weighted by molar-refractivity contribution is 5.07. The van der Waals surface area contributed by atoms with Crippen molar-refractivity contribution in [2.75, 3.05) is 7.05 Å². The second-order valence-corrected chi connectivity index (χ2v) is 8.35. The molecule has 0 aromatic heterocycles. The van der Waals surface area contributed by atoms with Crippen LogP contribution in [-0.2, 0) is 0 Å². The fraction of sp³-hybridized carbons (Fsp3) is 0.800. The zero-order chi connectivity index (χ0) is 16.9. The lowest BCUT2D eigenvalue weighted by Crippen LogP contribution is -2.31. The SMILES string of the molecule is CNC1CCC(/C=C/C2CC(C(C#N)C#N)CC(C)(C)C2)CC1. The van der Waals surface area contributed by atoms with Crippen LogP contribution in [0.25, 0.3) is 0 Å². The van der Waals surface area contributed by atoms with Crippen molar-refractivity contribution in [3.8, 4) is 12.1 Å². The molecule has 0 bridgehead atoms. The average molecular weight is 313 g/mol. The van der Waals surface area contributed by atoms with Crippen molar-refractivity contribution < 1.29 is 0 Å². The minimum absolute atomic E-state index is 0.225. The molecule has 3 nitrogen and oxygen atoms in total. The Labute approximate surface area is 141 Å². The van der Waals surface area contributed by atoms with Crippen LogP contribution < -0.4 is 5.32 Å². The van der Waals surface area contributed by atoms with Gasteiger partial charge in [-0.05, 0) is 75.2 Å². The summed E-state index contributed by atoms with van der Waals surface area (Å²) in [6, 6.07) is 5.11. The van der Waals surface area contributed by atoms with Crippen molar-refractivity contribution in [3.05, 3.63) is 12.2 Å². The zero-order valence-electron chi connectivity index (χ0n) is 14.9. The van der Waals surface area contributed by atoms with Crippen LogP contribution in [0.5, 0.6) is 0 Å². The van der Waals surface area contributed by atoms with Crippen molar-refractivity contribution in [2.24, 2.45) is 29.1 Å². The topological polar surface area (TPSA) is 59.6 Å². The fourth-order valence-electron chi connectivity index (χ4n) is 4.61. The maximum Gasteiger partial charge on any atom is 0.136 e. The third-order valence-corrected chi connectivity index (χ3v) is 5.82. The minimum atomic E-state index is -0.448. The van der Waals surface area contributed by atoms with Gasteiger partial charge in [0.25, 0.3) is 0 Å². The number of nitrogens with one attached hydrogen (secondary N) is 1. The predicted octanol–water partition coefficient (Wildman–Crippen LogP) is 4.43. The molecule has 0 aromatic carbocycles. The third-order valence-electron chi connectivity index (χ3n) is 5.82. The second kappa shape index (κ2) is 7.98. The van der Waals surface area contributed by atoms with Crippen LogP contribution in [0.4, 0.5) is 0 Å². The number of hydrogen-bond donors (Lipinski definition) is 1. The predicted molar refractivity (Wildman–Crippen MR) is 93.3 cm³/mol. The standard InChI is InChI=1S/C20H31N3/c1-20(2)11-16(10-17(12-20)18(13-21)14-22)5-4-15-6-8-19(23-3)9-7-15/h4-5,15-19,23H,6-12H2,1-3H3/b5-4+. The largest absolute Gasteiger partial charge is 0.317 e. The molecule has 0 aromatic rings. The summed E-state index contributed by atoms with van der Waals surface area (Å²) in [5.74, 6) is 1.01. The van der Waals surface area contributed by atoms with Crippen LogP contribution in [0.15, 0.2) is 12.2 Å². The molecule has 2 atom stereocenters. The summed E-state index contributed by atoms with van der Waals surface area (Å²) in [6.45, 7) is 4.56. The van der Waals surface area contributed by atoms with E-state index < -0.39 is 5.92 Å². The summed E-state index contributed by atoms with van der Waals surface area (Å²) >= 11 is 0. The Kier molecular flexibility index (Phi) is 6.25. The van der Waals surface area contributed by atoms with Crippen molar-refractivity contribution in [3.63, 3.8) is 0 Å². The van der Waals surface area contributed by atoms with E-state index in [-0.39, 0.29) is 11.3 Å². The average Bonchev–Trinajstić information content (AvgIpc) is 2.53. The summed E-state index contributed by atoms with van der Waals surface area (Å²) in [6.07, 6.45) is 13.1. The molecule has 3 heteroatoms. The molecule has 2 fully saturated rings. The molecular formula is C20H31N3. The smallest absolute Gasteiger partial charge is 0.136 e. The quantitative estimate of drug-likeness (QED) is 0.781. The van der Waals surface area contributed by atoms with Crippen LogP contribution in [0.1, 0.15) is 58.8 Å². The van der Waals surface area contributed by atoms with Crippen LogP contribution in [-0.4, -0.2) is 13.1 Å². The van der Waals surface area contributed by atoms with E-state index >= 15 is 0 Å². The number of nitrogens with zero attached hydrogens (tertiary/aromatic N) is 2. The van der Waals surface area contributed by atoms with Crippen LogP contribution in [0.3, 0.4) is 0 Å². The summed E-state index contributed by atoms with van der Waals surface area (Å²) in [4.78, 5) is 0. The molecule has 2 unspecified atom stereocenters. The van der Waals surface area contributed by atoms with Gasteiger partial charge in [-0.25, -0.2) is 0 Å². The molecule has 0 heterocycles.